The summed E-state index contributed by atoms with van der Waals surface area (Å²) >= 11 is 0. The molecule has 66 valence electrons. The van der Waals surface area contributed by atoms with Crippen LogP contribution in [0.1, 0.15) is 20.8 Å². The van der Waals surface area contributed by atoms with Crippen LogP contribution in [-0.4, -0.2) is 37.0 Å². The van der Waals surface area contributed by atoms with Crippen molar-refractivity contribution in [1.29, 1.82) is 5.41 Å². The van der Waals surface area contributed by atoms with Gasteiger partial charge in [-0.3, -0.25) is 5.41 Å². The van der Waals surface area contributed by atoms with Gasteiger partial charge in [0.1, 0.15) is 11.4 Å². The molecule has 0 bridgehead atoms. The molecule has 0 aromatic heterocycles. The van der Waals surface area contributed by atoms with Gasteiger partial charge in [0.05, 0.1) is 0 Å². The van der Waals surface area contributed by atoms with Gasteiger partial charge in [-0.25, -0.2) is 0 Å². The van der Waals surface area contributed by atoms with E-state index in [1.807, 2.05) is 34.9 Å². The zero-order valence-electron chi connectivity index (χ0n) is 8.06. The van der Waals surface area contributed by atoms with Crippen molar-refractivity contribution in [2.24, 2.45) is 0 Å². The van der Waals surface area contributed by atoms with Gasteiger partial charge in [0.25, 0.3) is 0 Å². The highest BCUT2D eigenvalue weighted by Gasteiger charge is 2.25. The van der Waals surface area contributed by atoms with Crippen molar-refractivity contribution in [2.45, 2.75) is 26.4 Å². The normalized spacial score (nSPS) is 11.4. The van der Waals surface area contributed by atoms with Crippen molar-refractivity contribution in [3.63, 3.8) is 0 Å². The molecule has 0 aliphatic heterocycles. The topological polar surface area (TPSA) is 36.3 Å². The van der Waals surface area contributed by atoms with Gasteiger partial charge in [0.15, 0.2) is 0 Å². The maximum atomic E-state index is 7.65. The first-order valence-corrected chi connectivity index (χ1v) is 3.82. The molecule has 0 aromatic carbocycles. The molecule has 0 aliphatic carbocycles. The summed E-state index contributed by atoms with van der Waals surface area (Å²) in [6, 6.07) is 0. The minimum atomic E-state index is -0.460. The molecule has 1 N–H and O–H groups in total. The first-order valence-electron chi connectivity index (χ1n) is 3.82. The van der Waals surface area contributed by atoms with Crippen LogP contribution in [0.4, 0.5) is 0 Å². The molecule has 0 aromatic rings. The first kappa shape index (κ1) is 10.4. The molecule has 11 heavy (non-hydrogen) atoms. The van der Waals surface area contributed by atoms with E-state index in [-0.39, 0.29) is 0 Å². The Balaban J connectivity index is 4.17. The van der Waals surface area contributed by atoms with Gasteiger partial charge in [0.2, 0.25) is 0 Å². The van der Waals surface area contributed by atoms with E-state index in [0.29, 0.717) is 12.4 Å². The number of nitrogens with zero attached hydrogens (tertiary/aromatic N) is 1. The van der Waals surface area contributed by atoms with E-state index in [1.165, 1.54) is 0 Å². The maximum absolute atomic E-state index is 7.65. The number of hydrogen-bond acceptors (Lipinski definition) is 2. The van der Waals surface area contributed by atoms with Crippen molar-refractivity contribution in [3.8, 4) is 0 Å². The van der Waals surface area contributed by atoms with Crippen LogP contribution in [0.5, 0.6) is 0 Å². The lowest BCUT2D eigenvalue weighted by Crippen LogP contribution is -2.43. The fourth-order valence-corrected chi connectivity index (χ4v) is 0.968. The first-order chi connectivity index (χ1) is 4.91. The summed E-state index contributed by atoms with van der Waals surface area (Å²) < 4.78 is 5.39. The zero-order chi connectivity index (χ0) is 9.07. The quantitative estimate of drug-likeness (QED) is 0.497. The van der Waals surface area contributed by atoms with Crippen LogP contribution in [0.25, 0.3) is 0 Å². The molecule has 0 amide bonds. The van der Waals surface area contributed by atoms with Crippen molar-refractivity contribution >= 4 is 5.84 Å². The maximum Gasteiger partial charge on any atom is 0.128 e. The molecule has 3 heteroatoms. The third-order valence-electron chi connectivity index (χ3n) is 1.52. The van der Waals surface area contributed by atoms with Crippen LogP contribution in [0.15, 0.2) is 0 Å². The summed E-state index contributed by atoms with van der Waals surface area (Å²) in [6.07, 6.45) is 0. The lowest BCUT2D eigenvalue weighted by molar-refractivity contribution is 0.0359. The molecule has 0 heterocycles. The second kappa shape index (κ2) is 3.72. The van der Waals surface area contributed by atoms with Crippen LogP contribution in [0, 0.1) is 5.41 Å². The van der Waals surface area contributed by atoms with Gasteiger partial charge < -0.3 is 9.64 Å². The highest BCUT2D eigenvalue weighted by atomic mass is 16.5. The largest absolute Gasteiger partial charge is 0.368 e. The highest BCUT2D eigenvalue weighted by molar-refractivity contribution is 5.86. The molecular formula is C8H18N2O. The fraction of sp³-hybridized carbons (Fsp3) is 0.875. The van der Waals surface area contributed by atoms with Crippen LogP contribution >= 0.6 is 0 Å². The minimum absolute atomic E-state index is 0.460. The van der Waals surface area contributed by atoms with Crippen LogP contribution in [0.3, 0.4) is 0 Å². The van der Waals surface area contributed by atoms with E-state index in [9.17, 15) is 0 Å². The van der Waals surface area contributed by atoms with Gasteiger partial charge in [-0.2, -0.15) is 0 Å². The Morgan fingerprint density at radius 1 is 1.45 bits per heavy atom. The third-order valence-corrected chi connectivity index (χ3v) is 1.52. The van der Waals surface area contributed by atoms with E-state index in [2.05, 4.69) is 0 Å². The zero-order valence-corrected chi connectivity index (χ0v) is 8.06. The molecule has 0 saturated carbocycles. The Hall–Kier alpha value is -0.570. The molecule has 0 unspecified atom stereocenters. The summed E-state index contributed by atoms with van der Waals surface area (Å²) in [5, 5.41) is 7.65. The number of amidine groups is 1. The Kier molecular flexibility index (Phi) is 3.52. The monoisotopic (exact) mass is 158 g/mol. The van der Waals surface area contributed by atoms with Gasteiger partial charge in [-0.05, 0) is 20.8 Å². The second-order valence-corrected chi connectivity index (χ2v) is 3.19. The number of likely N-dealkylation sites (N-methyl/N-ethyl adjacent to an activating group) is 1. The van der Waals surface area contributed by atoms with E-state index >= 15 is 0 Å². The second-order valence-electron chi connectivity index (χ2n) is 3.19. The fourth-order valence-electron chi connectivity index (χ4n) is 0.968. The van der Waals surface area contributed by atoms with Crippen molar-refractivity contribution in [1.82, 2.24) is 4.90 Å². The lowest BCUT2D eigenvalue weighted by atomic mass is 10.1. The van der Waals surface area contributed by atoms with E-state index in [4.69, 9.17) is 10.1 Å². The van der Waals surface area contributed by atoms with Crippen molar-refractivity contribution < 1.29 is 4.74 Å². The van der Waals surface area contributed by atoms with Crippen molar-refractivity contribution in [2.75, 3.05) is 20.7 Å². The van der Waals surface area contributed by atoms with Crippen molar-refractivity contribution in [3.05, 3.63) is 0 Å². The standard InChI is InChI=1S/C8H18N2O/c1-6-11-8(2,3)7(9)10(4)5/h9H,6H2,1-5H3. The Morgan fingerprint density at radius 3 is 2.18 bits per heavy atom. The Morgan fingerprint density at radius 2 is 1.91 bits per heavy atom. The summed E-state index contributed by atoms with van der Waals surface area (Å²) in [4.78, 5) is 1.76. The number of nitrogens with one attached hydrogen (secondary N) is 1. The average Bonchev–Trinajstić information content (AvgIpc) is 1.86. The molecule has 0 aliphatic rings. The van der Waals surface area contributed by atoms with Crippen LogP contribution in [-0.2, 0) is 4.74 Å². The summed E-state index contributed by atoms with van der Waals surface area (Å²) in [5.41, 5.74) is -0.460. The molecule has 0 rings (SSSR count). The highest BCUT2D eigenvalue weighted by Crippen LogP contribution is 2.11. The summed E-state index contributed by atoms with van der Waals surface area (Å²) in [7, 11) is 3.70. The molecular weight excluding hydrogens is 140 g/mol. The molecule has 0 spiro atoms. The third kappa shape index (κ3) is 2.89. The van der Waals surface area contributed by atoms with Gasteiger partial charge in [0, 0.05) is 20.7 Å². The van der Waals surface area contributed by atoms with E-state index in [1.54, 1.807) is 4.90 Å². The molecule has 0 saturated heterocycles. The smallest absolute Gasteiger partial charge is 0.128 e. The van der Waals surface area contributed by atoms with Gasteiger partial charge >= 0.3 is 0 Å². The molecule has 3 nitrogen and oxygen atoms in total. The van der Waals surface area contributed by atoms with E-state index in [0.717, 1.165) is 0 Å². The summed E-state index contributed by atoms with van der Waals surface area (Å²) in [5.74, 6) is 0.499. The molecule has 0 radical (unpaired) electrons. The Bertz CT molecular complexity index is 141. The Labute approximate surface area is 68.9 Å². The summed E-state index contributed by atoms with van der Waals surface area (Å²) in [6.45, 7) is 6.38. The average molecular weight is 158 g/mol. The SMILES string of the molecule is CCOC(C)(C)C(=N)N(C)C. The molecule has 0 atom stereocenters. The van der Waals surface area contributed by atoms with Crippen LogP contribution in [0.2, 0.25) is 0 Å². The predicted molar refractivity (Wildman–Crippen MR) is 47.1 cm³/mol. The van der Waals surface area contributed by atoms with Gasteiger partial charge in [-0.15, -0.1) is 0 Å². The molecule has 0 fully saturated rings. The number of hydrogen-bond donors (Lipinski definition) is 1. The van der Waals surface area contributed by atoms with E-state index < -0.39 is 5.60 Å². The number of rotatable bonds is 3. The van der Waals surface area contributed by atoms with Crippen LogP contribution < -0.4 is 0 Å². The van der Waals surface area contributed by atoms with Gasteiger partial charge in [-0.1, -0.05) is 0 Å². The number of ether oxygens (including phenoxy) is 1. The lowest BCUT2D eigenvalue weighted by Gasteiger charge is -2.29. The predicted octanol–water partition coefficient (Wildman–Crippen LogP) is 1.34. The minimum Gasteiger partial charge on any atom is -0.368 e.